The van der Waals surface area contributed by atoms with E-state index in [0.29, 0.717) is 12.1 Å². The molecule has 1 fully saturated rings. The largest absolute Gasteiger partial charge is 0.367 e. The summed E-state index contributed by atoms with van der Waals surface area (Å²) in [5.74, 6) is 0. The van der Waals surface area contributed by atoms with Crippen LogP contribution >= 0.6 is 0 Å². The fourth-order valence-electron chi connectivity index (χ4n) is 3.75. The highest BCUT2D eigenvalue weighted by Crippen LogP contribution is 2.35. The van der Waals surface area contributed by atoms with Crippen LogP contribution in [0.15, 0.2) is 54.6 Å². The van der Waals surface area contributed by atoms with Crippen molar-refractivity contribution in [3.05, 3.63) is 76.0 Å². The molecular weight excluding hydrogens is 342 g/mol. The van der Waals surface area contributed by atoms with Crippen LogP contribution in [0.25, 0.3) is 10.9 Å². The Morgan fingerprint density at radius 2 is 1.93 bits per heavy atom. The van der Waals surface area contributed by atoms with Crippen molar-refractivity contribution in [3.8, 4) is 0 Å². The number of non-ortho nitro benzene ring substituents is 1. The molecule has 6 heteroatoms. The van der Waals surface area contributed by atoms with Crippen LogP contribution < -0.4 is 4.90 Å². The highest BCUT2D eigenvalue weighted by Gasteiger charge is 2.28. The molecule has 138 valence electrons. The topological polar surface area (TPSA) is 68.5 Å². The molecule has 1 aromatic heterocycles. The maximum absolute atomic E-state index is 11.4. The van der Waals surface area contributed by atoms with Gasteiger partial charge in [0, 0.05) is 35.9 Å². The Morgan fingerprint density at radius 1 is 1.15 bits per heavy atom. The van der Waals surface area contributed by atoms with E-state index >= 15 is 0 Å². The van der Waals surface area contributed by atoms with Crippen LogP contribution in [0.1, 0.15) is 24.3 Å². The van der Waals surface area contributed by atoms with E-state index in [1.165, 1.54) is 6.07 Å². The summed E-state index contributed by atoms with van der Waals surface area (Å²) < 4.78 is 6.16. The molecule has 0 saturated carbocycles. The minimum Gasteiger partial charge on any atom is -0.367 e. The lowest BCUT2D eigenvalue weighted by atomic mass is 10.0. The number of anilines is 1. The number of rotatable bonds is 3. The lowest BCUT2D eigenvalue weighted by molar-refractivity contribution is -0.383. The molecule has 0 aliphatic carbocycles. The number of morpholine rings is 1. The number of hydrogen-bond acceptors (Lipinski definition) is 5. The molecule has 0 spiro atoms. The average molecular weight is 363 g/mol. The summed E-state index contributed by atoms with van der Waals surface area (Å²) in [6.45, 7) is 5.35. The van der Waals surface area contributed by atoms with Crippen LogP contribution in [-0.2, 0) is 4.74 Å². The summed E-state index contributed by atoms with van der Waals surface area (Å²) in [5, 5.41) is 12.2. The number of nitrogens with zero attached hydrogens (tertiary/aromatic N) is 3. The Balaban J connectivity index is 1.79. The van der Waals surface area contributed by atoms with E-state index in [9.17, 15) is 10.1 Å². The van der Waals surface area contributed by atoms with Crippen LogP contribution in [0, 0.1) is 17.0 Å². The molecule has 1 aliphatic heterocycles. The quantitative estimate of drug-likeness (QED) is 0.509. The summed E-state index contributed by atoms with van der Waals surface area (Å²) in [5.41, 5.74) is 3.35. The lowest BCUT2D eigenvalue weighted by Gasteiger charge is -2.39. The van der Waals surface area contributed by atoms with E-state index in [1.54, 1.807) is 6.07 Å². The lowest BCUT2D eigenvalue weighted by Crippen LogP contribution is -2.43. The molecule has 1 aliphatic rings. The fourth-order valence-corrected chi connectivity index (χ4v) is 3.75. The zero-order chi connectivity index (χ0) is 19.0. The molecule has 0 amide bonds. The smallest absolute Gasteiger partial charge is 0.295 e. The van der Waals surface area contributed by atoms with Crippen molar-refractivity contribution in [2.24, 2.45) is 0 Å². The zero-order valence-electron chi connectivity index (χ0n) is 15.3. The number of nitro benzene ring substituents is 1. The fraction of sp³-hybridized carbons (Fsp3) is 0.286. The second-order valence-electron chi connectivity index (χ2n) is 6.96. The van der Waals surface area contributed by atoms with Crippen molar-refractivity contribution < 1.29 is 9.66 Å². The van der Waals surface area contributed by atoms with Gasteiger partial charge in [-0.25, -0.2) is 4.98 Å². The van der Waals surface area contributed by atoms with Crippen molar-refractivity contribution in [1.29, 1.82) is 0 Å². The SMILES string of the molecule is Cc1cc(N2CC(C)OC(c3ccccc3)C2)c2cccc([N+](=O)[O-])c2n1. The molecule has 0 radical (unpaired) electrons. The normalized spacial score (nSPS) is 20.0. The van der Waals surface area contributed by atoms with E-state index in [4.69, 9.17) is 4.74 Å². The number of aromatic nitrogens is 1. The molecule has 0 bridgehead atoms. The van der Waals surface area contributed by atoms with Gasteiger partial charge in [0.25, 0.3) is 5.69 Å². The third-order valence-electron chi connectivity index (χ3n) is 4.89. The summed E-state index contributed by atoms with van der Waals surface area (Å²) in [6.07, 6.45) is 0.00310. The van der Waals surface area contributed by atoms with Gasteiger partial charge in [-0.3, -0.25) is 10.1 Å². The van der Waals surface area contributed by atoms with E-state index in [0.717, 1.165) is 28.9 Å². The summed E-state index contributed by atoms with van der Waals surface area (Å²) in [7, 11) is 0. The van der Waals surface area contributed by atoms with E-state index in [-0.39, 0.29) is 22.8 Å². The van der Waals surface area contributed by atoms with Crippen LogP contribution in [0.3, 0.4) is 0 Å². The number of ether oxygens (including phenoxy) is 1. The zero-order valence-corrected chi connectivity index (χ0v) is 15.3. The molecular formula is C21H21N3O3. The van der Waals surface area contributed by atoms with Gasteiger partial charge in [0.05, 0.1) is 11.0 Å². The van der Waals surface area contributed by atoms with Crippen LogP contribution in [0.2, 0.25) is 0 Å². The number of aryl methyl sites for hydroxylation is 1. The van der Waals surface area contributed by atoms with Crippen molar-refractivity contribution >= 4 is 22.3 Å². The number of para-hydroxylation sites is 1. The van der Waals surface area contributed by atoms with E-state index < -0.39 is 0 Å². The van der Waals surface area contributed by atoms with Crippen LogP contribution in [-0.4, -0.2) is 29.1 Å². The number of benzene rings is 2. The monoisotopic (exact) mass is 363 g/mol. The number of hydrogen-bond donors (Lipinski definition) is 0. The van der Waals surface area contributed by atoms with Crippen molar-refractivity contribution in [2.45, 2.75) is 26.1 Å². The first-order valence-electron chi connectivity index (χ1n) is 9.03. The second kappa shape index (κ2) is 6.96. The minimum absolute atomic E-state index is 0.0402. The van der Waals surface area contributed by atoms with Gasteiger partial charge in [0.15, 0.2) is 5.52 Å². The molecule has 1 saturated heterocycles. The molecule has 6 nitrogen and oxygen atoms in total. The number of pyridine rings is 1. The third kappa shape index (κ3) is 3.36. The van der Waals surface area contributed by atoms with Gasteiger partial charge in [-0.15, -0.1) is 0 Å². The molecule has 2 unspecified atom stereocenters. The first-order valence-corrected chi connectivity index (χ1v) is 9.03. The van der Waals surface area contributed by atoms with Gasteiger partial charge >= 0.3 is 0 Å². The first kappa shape index (κ1) is 17.4. The molecule has 4 rings (SSSR count). The number of fused-ring (bicyclic) bond motifs is 1. The average Bonchev–Trinajstić information content (AvgIpc) is 2.67. The predicted octanol–water partition coefficient (Wildman–Crippen LogP) is 4.42. The summed E-state index contributed by atoms with van der Waals surface area (Å²) >= 11 is 0. The van der Waals surface area contributed by atoms with Crippen molar-refractivity contribution in [2.75, 3.05) is 18.0 Å². The van der Waals surface area contributed by atoms with Crippen molar-refractivity contribution in [1.82, 2.24) is 4.98 Å². The molecule has 3 aromatic rings. The van der Waals surface area contributed by atoms with Crippen molar-refractivity contribution in [3.63, 3.8) is 0 Å². The highest BCUT2D eigenvalue weighted by atomic mass is 16.6. The van der Waals surface area contributed by atoms with Gasteiger partial charge in [-0.05, 0) is 25.5 Å². The third-order valence-corrected chi connectivity index (χ3v) is 4.89. The molecule has 27 heavy (non-hydrogen) atoms. The number of nitro groups is 1. The maximum atomic E-state index is 11.4. The van der Waals surface area contributed by atoms with Crippen LogP contribution in [0.4, 0.5) is 11.4 Å². The molecule has 0 N–H and O–H groups in total. The van der Waals surface area contributed by atoms with Gasteiger partial charge in [-0.1, -0.05) is 42.5 Å². The predicted molar refractivity (Wildman–Crippen MR) is 105 cm³/mol. The Bertz CT molecular complexity index is 991. The Hall–Kier alpha value is -2.99. The minimum atomic E-state index is -0.368. The van der Waals surface area contributed by atoms with Gasteiger partial charge in [0.2, 0.25) is 0 Å². The molecule has 2 atom stereocenters. The van der Waals surface area contributed by atoms with Crippen LogP contribution in [0.5, 0.6) is 0 Å². The highest BCUT2D eigenvalue weighted by molar-refractivity contribution is 5.97. The molecule has 2 aromatic carbocycles. The van der Waals surface area contributed by atoms with Gasteiger partial charge < -0.3 is 9.64 Å². The Labute approximate surface area is 157 Å². The summed E-state index contributed by atoms with van der Waals surface area (Å²) in [4.78, 5) is 17.8. The summed E-state index contributed by atoms with van der Waals surface area (Å²) in [6, 6.07) is 17.3. The molecule has 2 heterocycles. The van der Waals surface area contributed by atoms with Gasteiger partial charge in [-0.2, -0.15) is 0 Å². The Morgan fingerprint density at radius 3 is 2.67 bits per heavy atom. The van der Waals surface area contributed by atoms with E-state index in [1.807, 2.05) is 37.3 Å². The standard InChI is InChI=1S/C21H21N3O3/c1-14-11-19(17-9-6-10-18(24(25)26)21(17)22-14)23-12-15(2)27-20(13-23)16-7-4-3-5-8-16/h3-11,15,20H,12-13H2,1-2H3. The second-order valence-corrected chi connectivity index (χ2v) is 6.96. The maximum Gasteiger partial charge on any atom is 0.295 e. The van der Waals surface area contributed by atoms with E-state index in [2.05, 4.69) is 28.9 Å². The Kier molecular flexibility index (Phi) is 4.49. The first-order chi connectivity index (χ1) is 13.0. The van der Waals surface area contributed by atoms with Gasteiger partial charge in [0.1, 0.15) is 6.10 Å².